The molecule has 0 aromatic heterocycles. The van der Waals surface area contributed by atoms with Crippen LogP contribution in [0, 0.1) is 0 Å². The van der Waals surface area contributed by atoms with Crippen LogP contribution in [-0.4, -0.2) is 25.1 Å². The lowest BCUT2D eigenvalue weighted by molar-refractivity contribution is -0.361. The van der Waals surface area contributed by atoms with E-state index in [1.54, 1.807) is 6.92 Å². The van der Waals surface area contributed by atoms with Gasteiger partial charge in [-0.2, -0.15) is 13.2 Å². The van der Waals surface area contributed by atoms with Crippen LogP contribution in [0.25, 0.3) is 0 Å². The van der Waals surface area contributed by atoms with Gasteiger partial charge in [0.1, 0.15) is 0 Å². The minimum Gasteiger partial charge on any atom is -0.855 e. The van der Waals surface area contributed by atoms with Crippen molar-refractivity contribution in [2.45, 2.75) is 12.4 Å². The van der Waals surface area contributed by atoms with Crippen LogP contribution in [0.5, 0.6) is 0 Å². The molecule has 0 aliphatic carbocycles. The fourth-order valence-electron chi connectivity index (χ4n) is 0. The minimum absolute atomic E-state index is 0. The molecule has 86 valence electrons. The molecule has 0 heterocycles. The van der Waals surface area contributed by atoms with Crippen LogP contribution >= 0.6 is 0 Å². The van der Waals surface area contributed by atoms with Crippen molar-refractivity contribution in [3.8, 4) is 0 Å². The van der Waals surface area contributed by atoms with Gasteiger partial charge in [-0.05, 0) is 0 Å². The highest BCUT2D eigenvalue weighted by Gasteiger charge is 2.36. The molecular weight excluding hydrogens is 217 g/mol. The van der Waals surface area contributed by atoms with Crippen LogP contribution < -0.4 is 17.4 Å². The van der Waals surface area contributed by atoms with E-state index in [0.29, 0.717) is 0 Å². The van der Waals surface area contributed by atoms with E-state index < -0.39 is 15.6 Å². The van der Waals surface area contributed by atoms with Gasteiger partial charge < -0.3 is 22.0 Å². The van der Waals surface area contributed by atoms with E-state index in [1.807, 2.05) is 0 Å². The van der Waals surface area contributed by atoms with Gasteiger partial charge in [-0.15, -0.1) is 6.61 Å². The predicted molar refractivity (Wildman–Crippen MR) is 38.3 cm³/mol. The lowest BCUT2D eigenvalue weighted by Crippen LogP contribution is -2.21. The maximum Gasteiger partial charge on any atom is 0.485 e. The molecule has 6 nitrogen and oxygen atoms in total. The largest absolute Gasteiger partial charge is 0.855 e. The molecule has 0 bridgehead atoms. The average molecular weight is 230 g/mol. The summed E-state index contributed by atoms with van der Waals surface area (Å²) in [6.45, 7) is 1.57. The first-order valence-electron chi connectivity index (χ1n) is 2.27. The van der Waals surface area contributed by atoms with Crippen LogP contribution in [0.2, 0.25) is 0 Å². The van der Waals surface area contributed by atoms with Crippen molar-refractivity contribution in [2.24, 2.45) is 0 Å². The Morgan fingerprint density at radius 1 is 1.23 bits per heavy atom. The first kappa shape index (κ1) is 22.9. The van der Waals surface area contributed by atoms with Crippen molar-refractivity contribution in [3.63, 3.8) is 0 Å². The summed E-state index contributed by atoms with van der Waals surface area (Å²) in [4.78, 5) is 0. The average Bonchev–Trinajstić information content (AvgIpc) is 1.60. The Morgan fingerprint density at radius 3 is 1.31 bits per heavy atom. The first-order valence-corrected chi connectivity index (χ1v) is 3.68. The number of halogens is 3. The third-order valence-corrected chi connectivity index (χ3v) is 0.850. The standard InChI is InChI=1S/C2H5O.CHF3O3S.2H3N/c1-2-3;2-1(3,4)8(5,6)7;;/h2H2,1H3;(H,5,6,7);2*1H3/q-1;;;/p+1. The fraction of sp³-hybridized carbons (Fsp3) is 1.00. The molecule has 0 unspecified atom stereocenters. The number of alkyl halides is 3. The van der Waals surface area contributed by atoms with Crippen LogP contribution in [0.15, 0.2) is 0 Å². The van der Waals surface area contributed by atoms with Gasteiger partial charge in [0.25, 0.3) is 0 Å². The predicted octanol–water partition coefficient (Wildman–Crippen LogP) is 0.170. The van der Waals surface area contributed by atoms with Crippen molar-refractivity contribution >= 4 is 10.1 Å². The smallest absolute Gasteiger partial charge is 0.485 e. The van der Waals surface area contributed by atoms with Crippen molar-refractivity contribution < 1.29 is 31.2 Å². The molecule has 0 atom stereocenters. The molecule has 0 saturated heterocycles. The Labute approximate surface area is 73.7 Å². The molecule has 0 fully saturated rings. The molecule has 0 amide bonds. The van der Waals surface area contributed by atoms with E-state index in [4.69, 9.17) is 18.1 Å². The van der Waals surface area contributed by atoms with Crippen molar-refractivity contribution in [1.82, 2.24) is 12.3 Å². The van der Waals surface area contributed by atoms with E-state index >= 15 is 0 Å². The lowest BCUT2D eigenvalue weighted by Gasteiger charge is -2.08. The molecule has 0 saturated carbocycles. The second-order valence-corrected chi connectivity index (χ2v) is 2.56. The highest BCUT2D eigenvalue weighted by Crippen LogP contribution is 2.20. The molecule has 0 aliphatic heterocycles. The van der Waals surface area contributed by atoms with Gasteiger partial charge in [0.15, 0.2) is 10.1 Å². The van der Waals surface area contributed by atoms with Gasteiger partial charge in [0.2, 0.25) is 0 Å². The number of hydrogen-bond acceptors (Lipinski definition) is 4. The van der Waals surface area contributed by atoms with E-state index in [1.165, 1.54) is 0 Å². The highest BCUT2D eigenvalue weighted by atomic mass is 32.2. The van der Waals surface area contributed by atoms with Crippen molar-refractivity contribution in [1.29, 1.82) is 0 Å². The van der Waals surface area contributed by atoms with E-state index in [2.05, 4.69) is 0 Å². The first-order chi connectivity index (χ1) is 4.66. The summed E-state index contributed by atoms with van der Waals surface area (Å²) in [5.41, 5.74) is -5.65. The van der Waals surface area contributed by atoms with E-state index in [0.717, 1.165) is 0 Å². The topological polar surface area (TPSA) is 153 Å². The Morgan fingerprint density at radius 2 is 1.31 bits per heavy atom. The van der Waals surface area contributed by atoms with E-state index in [9.17, 15) is 13.2 Å². The molecule has 8 N–H and O–H groups in total. The number of rotatable bonds is 0. The van der Waals surface area contributed by atoms with Crippen LogP contribution in [0.1, 0.15) is 6.92 Å². The van der Waals surface area contributed by atoms with Crippen molar-refractivity contribution in [2.75, 3.05) is 6.61 Å². The molecule has 0 spiro atoms. The Hall–Kier alpha value is -0.420. The van der Waals surface area contributed by atoms with Crippen LogP contribution in [0.3, 0.4) is 0 Å². The van der Waals surface area contributed by atoms with Gasteiger partial charge >= 0.3 is 5.51 Å². The zero-order chi connectivity index (χ0) is 9.71. The SMILES string of the molecule is CC[O-].O=S(=O)([O-])C(F)(F)F.[NH4+].[NH4+]. The van der Waals surface area contributed by atoms with Gasteiger partial charge in [-0.1, -0.05) is 6.92 Å². The molecule has 10 heteroatoms. The minimum atomic E-state index is -6.09. The maximum absolute atomic E-state index is 10.7. The molecule has 0 aromatic rings. The Bertz CT molecular complexity index is 189. The maximum atomic E-state index is 10.7. The fourth-order valence-corrected chi connectivity index (χ4v) is 0. The normalized spacial score (nSPS) is 10.0. The summed E-state index contributed by atoms with van der Waals surface area (Å²) >= 11 is 0. The second-order valence-electron chi connectivity index (χ2n) is 1.19. The number of quaternary nitrogens is 2. The summed E-state index contributed by atoms with van der Waals surface area (Å²) in [5, 5.41) is 8.93. The Kier molecular flexibility index (Phi) is 14.4. The summed E-state index contributed by atoms with van der Waals surface area (Å²) in [6, 6.07) is 0. The quantitative estimate of drug-likeness (QED) is 0.449. The molecule has 0 radical (unpaired) electrons. The molecule has 13 heavy (non-hydrogen) atoms. The molecule has 0 rings (SSSR count). The Balaban J connectivity index is -0.0000000720. The summed E-state index contributed by atoms with van der Waals surface area (Å²) in [5.74, 6) is 0. The third-order valence-electron chi connectivity index (χ3n) is 0.283. The molecule has 0 aliphatic rings. The van der Waals surface area contributed by atoms with Crippen LogP contribution in [-0.2, 0) is 10.1 Å². The van der Waals surface area contributed by atoms with Gasteiger partial charge in [0, 0.05) is 0 Å². The summed E-state index contributed by atoms with van der Waals surface area (Å²) in [7, 11) is -6.09. The second kappa shape index (κ2) is 8.19. The van der Waals surface area contributed by atoms with E-state index in [-0.39, 0.29) is 18.9 Å². The molecular formula is C3H13F3N2O4S. The molecule has 0 aromatic carbocycles. The number of hydrogen-bond donors (Lipinski definition) is 2. The zero-order valence-corrected chi connectivity index (χ0v) is 8.20. The highest BCUT2D eigenvalue weighted by molar-refractivity contribution is 7.86. The zero-order valence-electron chi connectivity index (χ0n) is 7.38. The monoisotopic (exact) mass is 230 g/mol. The van der Waals surface area contributed by atoms with Gasteiger partial charge in [0.05, 0.1) is 0 Å². The summed E-state index contributed by atoms with van der Waals surface area (Å²) < 4.78 is 58.9. The van der Waals surface area contributed by atoms with Gasteiger partial charge in [-0.3, -0.25) is 0 Å². The van der Waals surface area contributed by atoms with Gasteiger partial charge in [-0.25, -0.2) is 8.42 Å². The summed E-state index contributed by atoms with van der Waals surface area (Å²) in [6.07, 6.45) is 0. The lowest BCUT2D eigenvalue weighted by atomic mass is 10.9. The van der Waals surface area contributed by atoms with Crippen molar-refractivity contribution in [3.05, 3.63) is 0 Å². The third kappa shape index (κ3) is 14.4. The van der Waals surface area contributed by atoms with Crippen LogP contribution in [0.4, 0.5) is 13.2 Å².